The minimum Gasteiger partial charge on any atom is -0.493 e. The molecule has 0 spiro atoms. The molecule has 33 heavy (non-hydrogen) atoms. The van der Waals surface area contributed by atoms with E-state index in [9.17, 15) is 35.4 Å². The lowest BCUT2D eigenvalue weighted by atomic mass is 9.99. The van der Waals surface area contributed by atoms with E-state index in [0.717, 1.165) is 0 Å². The molecule has 2 saturated heterocycles. The summed E-state index contributed by atoms with van der Waals surface area (Å²) >= 11 is 0. The van der Waals surface area contributed by atoms with Crippen LogP contribution < -0.4 is 9.47 Å². The van der Waals surface area contributed by atoms with E-state index in [1.807, 2.05) is 0 Å². The molecule has 0 radical (unpaired) electrons. The summed E-state index contributed by atoms with van der Waals surface area (Å²) in [6.07, 6.45) is -10.1. The molecule has 8 unspecified atom stereocenters. The summed E-state index contributed by atoms with van der Waals surface area (Å²) in [5.41, 5.74) is -1.48. The molecule has 2 heterocycles. The van der Waals surface area contributed by atoms with Gasteiger partial charge in [0.2, 0.25) is 6.29 Å². The first kappa shape index (κ1) is 25.7. The molecule has 12 heteroatoms. The van der Waals surface area contributed by atoms with Gasteiger partial charge in [-0.3, -0.25) is 4.79 Å². The van der Waals surface area contributed by atoms with Crippen molar-refractivity contribution in [1.82, 2.24) is 0 Å². The van der Waals surface area contributed by atoms with Gasteiger partial charge in [-0.1, -0.05) is 6.92 Å². The number of benzene rings is 1. The van der Waals surface area contributed by atoms with Crippen molar-refractivity contribution in [3.8, 4) is 11.5 Å². The summed E-state index contributed by atoms with van der Waals surface area (Å²) in [6.45, 7) is 0.199. The zero-order chi connectivity index (χ0) is 24.3. The van der Waals surface area contributed by atoms with Crippen LogP contribution in [0, 0.1) is 0 Å². The minimum atomic E-state index is -1.89. The van der Waals surface area contributed by atoms with Gasteiger partial charge >= 0.3 is 0 Å². The first-order chi connectivity index (χ1) is 15.6. The fraction of sp³-hybridized carbons (Fsp3) is 0.667. The van der Waals surface area contributed by atoms with Gasteiger partial charge in [0.1, 0.15) is 36.1 Å². The zero-order valence-electron chi connectivity index (χ0n) is 18.2. The average molecular weight is 474 g/mol. The van der Waals surface area contributed by atoms with Crippen LogP contribution in [0.3, 0.4) is 0 Å². The van der Waals surface area contributed by atoms with E-state index in [2.05, 4.69) is 0 Å². The van der Waals surface area contributed by atoms with Crippen LogP contribution in [0.1, 0.15) is 23.7 Å². The predicted molar refractivity (Wildman–Crippen MR) is 109 cm³/mol. The summed E-state index contributed by atoms with van der Waals surface area (Å²) in [4.78, 5) is 11.9. The molecule has 8 atom stereocenters. The Bertz CT molecular complexity index is 818. The molecule has 0 amide bonds. The van der Waals surface area contributed by atoms with Crippen LogP contribution in [-0.2, 0) is 14.2 Å². The maximum atomic E-state index is 11.9. The van der Waals surface area contributed by atoms with E-state index in [1.54, 1.807) is 6.92 Å². The number of hydrogen-bond acceptors (Lipinski definition) is 12. The Morgan fingerprint density at radius 1 is 1.12 bits per heavy atom. The van der Waals surface area contributed by atoms with E-state index < -0.39 is 61.9 Å². The molecule has 2 aliphatic heterocycles. The van der Waals surface area contributed by atoms with Crippen molar-refractivity contribution in [3.05, 3.63) is 23.8 Å². The summed E-state index contributed by atoms with van der Waals surface area (Å²) in [5.74, 6) is 0.221. The molecule has 0 aromatic heterocycles. The second-order valence-electron chi connectivity index (χ2n) is 7.99. The Hall–Kier alpha value is -1.87. The van der Waals surface area contributed by atoms with E-state index in [-0.39, 0.29) is 23.9 Å². The molecular weight excluding hydrogens is 444 g/mol. The van der Waals surface area contributed by atoms with Crippen LogP contribution in [0.5, 0.6) is 11.5 Å². The second kappa shape index (κ2) is 10.6. The standard InChI is InChI=1S/C21H30O12/c1-3-11(23)10-4-5-12(13(6-10)29-2)32-19-17(26)16(25)15(24)14(33-19)7-30-20-18(27)21(28,8-22)9-31-20/h4-6,14-20,22,24-28H,3,7-9H2,1-2H3. The highest BCUT2D eigenvalue weighted by atomic mass is 16.7. The lowest BCUT2D eigenvalue weighted by Gasteiger charge is -2.40. The van der Waals surface area contributed by atoms with Crippen LogP contribution in [0.15, 0.2) is 18.2 Å². The van der Waals surface area contributed by atoms with E-state index in [4.69, 9.17) is 23.7 Å². The Kier molecular flexibility index (Phi) is 8.26. The quantitative estimate of drug-likeness (QED) is 0.215. The maximum absolute atomic E-state index is 11.9. The fourth-order valence-electron chi connectivity index (χ4n) is 3.54. The highest BCUT2D eigenvalue weighted by Crippen LogP contribution is 2.33. The molecule has 1 aromatic carbocycles. The normalized spacial score (nSPS) is 36.5. The van der Waals surface area contributed by atoms with Gasteiger partial charge in [0, 0.05) is 12.0 Å². The molecule has 2 aliphatic rings. The number of Topliss-reactive ketones (excluding diaryl/α,β-unsaturated/α-hetero) is 1. The molecule has 2 fully saturated rings. The van der Waals surface area contributed by atoms with E-state index in [0.29, 0.717) is 12.0 Å². The Morgan fingerprint density at radius 2 is 1.85 bits per heavy atom. The number of methoxy groups -OCH3 is 1. The zero-order valence-corrected chi connectivity index (χ0v) is 18.2. The number of ether oxygens (including phenoxy) is 5. The largest absolute Gasteiger partial charge is 0.493 e. The Morgan fingerprint density at radius 3 is 2.45 bits per heavy atom. The van der Waals surface area contributed by atoms with Gasteiger partial charge in [-0.25, -0.2) is 0 Å². The van der Waals surface area contributed by atoms with Crippen LogP contribution in [0.25, 0.3) is 0 Å². The first-order valence-electron chi connectivity index (χ1n) is 10.5. The molecule has 1 aromatic rings. The smallest absolute Gasteiger partial charge is 0.229 e. The van der Waals surface area contributed by atoms with E-state index >= 15 is 0 Å². The molecule has 12 nitrogen and oxygen atoms in total. The third-order valence-electron chi connectivity index (χ3n) is 5.72. The van der Waals surface area contributed by atoms with Gasteiger partial charge in [0.25, 0.3) is 0 Å². The molecule has 0 aliphatic carbocycles. The van der Waals surface area contributed by atoms with Crippen molar-refractivity contribution < 1.29 is 59.1 Å². The second-order valence-corrected chi connectivity index (χ2v) is 7.99. The Labute approximate surface area is 189 Å². The highest BCUT2D eigenvalue weighted by Gasteiger charge is 2.50. The average Bonchev–Trinajstić information content (AvgIpc) is 3.12. The van der Waals surface area contributed by atoms with Crippen molar-refractivity contribution in [2.75, 3.05) is 26.9 Å². The summed E-state index contributed by atoms with van der Waals surface area (Å²) < 4.78 is 27.0. The number of ketones is 1. The number of carbonyl (C=O) groups is 1. The van der Waals surface area contributed by atoms with Crippen molar-refractivity contribution in [1.29, 1.82) is 0 Å². The van der Waals surface area contributed by atoms with Gasteiger partial charge in [-0.05, 0) is 18.2 Å². The van der Waals surface area contributed by atoms with Gasteiger partial charge in [0.15, 0.2) is 23.6 Å². The summed E-state index contributed by atoms with van der Waals surface area (Å²) in [6, 6.07) is 4.45. The SMILES string of the molecule is CCC(=O)c1ccc(OC2OC(COC3OCC(O)(CO)C3O)C(O)C(O)C2O)c(OC)c1. The lowest BCUT2D eigenvalue weighted by Crippen LogP contribution is -2.60. The molecular formula is C21H30O12. The van der Waals surface area contributed by atoms with Gasteiger partial charge in [-0.15, -0.1) is 0 Å². The van der Waals surface area contributed by atoms with Crippen molar-refractivity contribution in [2.24, 2.45) is 0 Å². The highest BCUT2D eigenvalue weighted by molar-refractivity contribution is 5.96. The van der Waals surface area contributed by atoms with Crippen LogP contribution in [0.2, 0.25) is 0 Å². The van der Waals surface area contributed by atoms with Crippen molar-refractivity contribution >= 4 is 5.78 Å². The number of aliphatic hydroxyl groups excluding tert-OH is 5. The number of rotatable bonds is 9. The topological polar surface area (TPSA) is 185 Å². The number of carbonyl (C=O) groups excluding carboxylic acids is 1. The molecule has 186 valence electrons. The van der Waals surface area contributed by atoms with E-state index in [1.165, 1.54) is 25.3 Å². The lowest BCUT2D eigenvalue weighted by molar-refractivity contribution is -0.289. The van der Waals surface area contributed by atoms with Gasteiger partial charge in [-0.2, -0.15) is 0 Å². The molecule has 0 saturated carbocycles. The van der Waals surface area contributed by atoms with Crippen LogP contribution >= 0.6 is 0 Å². The Balaban J connectivity index is 1.69. The first-order valence-corrected chi connectivity index (χ1v) is 10.5. The molecule has 3 rings (SSSR count). The fourth-order valence-corrected chi connectivity index (χ4v) is 3.54. The summed E-state index contributed by atoms with van der Waals surface area (Å²) in [7, 11) is 1.37. The molecule has 6 N–H and O–H groups in total. The maximum Gasteiger partial charge on any atom is 0.229 e. The summed E-state index contributed by atoms with van der Waals surface area (Å²) in [5, 5.41) is 60.2. The predicted octanol–water partition coefficient (Wildman–Crippen LogP) is -2.07. The minimum absolute atomic E-state index is 0.103. The molecule has 0 bridgehead atoms. The van der Waals surface area contributed by atoms with Crippen LogP contribution in [-0.4, -0.2) is 112 Å². The number of aliphatic hydroxyl groups is 6. The van der Waals surface area contributed by atoms with Gasteiger partial charge < -0.3 is 54.3 Å². The monoisotopic (exact) mass is 474 g/mol. The third-order valence-corrected chi connectivity index (χ3v) is 5.72. The van der Waals surface area contributed by atoms with Crippen LogP contribution in [0.4, 0.5) is 0 Å². The van der Waals surface area contributed by atoms with Crippen molar-refractivity contribution in [3.63, 3.8) is 0 Å². The third kappa shape index (κ3) is 5.29. The van der Waals surface area contributed by atoms with Gasteiger partial charge in [0.05, 0.1) is 26.9 Å². The van der Waals surface area contributed by atoms with Crippen molar-refractivity contribution in [2.45, 2.75) is 62.0 Å². The number of hydrogen-bond donors (Lipinski definition) is 6.